The Bertz CT molecular complexity index is 452. The molecule has 0 spiro atoms. The molecule has 0 N–H and O–H groups in total. The van der Waals surface area contributed by atoms with Gasteiger partial charge < -0.3 is 4.74 Å². The first-order valence-electron chi connectivity index (χ1n) is 5.62. The highest BCUT2D eigenvalue weighted by Crippen LogP contribution is 2.12. The van der Waals surface area contributed by atoms with Gasteiger partial charge in [-0.25, -0.2) is 0 Å². The fourth-order valence-corrected chi connectivity index (χ4v) is 1.79. The molecule has 4 heteroatoms. The van der Waals surface area contributed by atoms with Crippen molar-refractivity contribution in [1.29, 1.82) is 0 Å². The van der Waals surface area contributed by atoms with E-state index in [-0.39, 0.29) is 18.8 Å². The second-order valence-corrected chi connectivity index (χ2v) is 4.78. The van der Waals surface area contributed by atoms with Gasteiger partial charge in [-0.15, -0.1) is 0 Å². The minimum absolute atomic E-state index is 0.153. The second-order valence-electron chi connectivity index (χ2n) is 3.87. The van der Waals surface area contributed by atoms with Gasteiger partial charge in [0.25, 0.3) is 0 Å². The third kappa shape index (κ3) is 6.35. The van der Waals surface area contributed by atoms with Crippen molar-refractivity contribution in [2.24, 2.45) is 0 Å². The van der Waals surface area contributed by atoms with Gasteiger partial charge in [0.15, 0.2) is 0 Å². The molecule has 3 nitrogen and oxygen atoms in total. The van der Waals surface area contributed by atoms with Gasteiger partial charge in [0.1, 0.15) is 18.8 Å². The lowest BCUT2D eigenvalue weighted by Gasteiger charge is -1.99. The molecule has 0 bridgehead atoms. The van der Waals surface area contributed by atoms with Crippen LogP contribution in [0.1, 0.15) is 18.9 Å². The Morgan fingerprint density at radius 2 is 2.11 bits per heavy atom. The van der Waals surface area contributed by atoms with E-state index in [1.165, 1.54) is 12.5 Å². The van der Waals surface area contributed by atoms with Crippen molar-refractivity contribution in [2.45, 2.75) is 19.8 Å². The van der Waals surface area contributed by atoms with Crippen LogP contribution in [0.3, 0.4) is 0 Å². The van der Waals surface area contributed by atoms with Crippen molar-refractivity contribution in [2.75, 3.05) is 6.61 Å². The maximum absolute atomic E-state index is 11.0. The molecule has 1 aromatic carbocycles. The lowest BCUT2D eigenvalue weighted by Crippen LogP contribution is -2.08. The largest absolute Gasteiger partial charge is 0.461 e. The standard InChI is InChI=1S/C14H15BrO3/c1-11(16)9-14(17)18-8-3-2-5-12-6-4-7-13(15)10-12/h2-4,6-7,10H,5,8-9H2,1H3. The van der Waals surface area contributed by atoms with Crippen LogP contribution in [0.2, 0.25) is 0 Å². The summed E-state index contributed by atoms with van der Waals surface area (Å²) in [6.07, 6.45) is 4.34. The van der Waals surface area contributed by atoms with Crippen LogP contribution in [-0.2, 0) is 20.7 Å². The Labute approximate surface area is 115 Å². The zero-order valence-corrected chi connectivity index (χ0v) is 11.8. The van der Waals surface area contributed by atoms with Gasteiger partial charge in [-0.1, -0.05) is 40.2 Å². The third-order valence-electron chi connectivity index (χ3n) is 2.14. The summed E-state index contributed by atoms with van der Waals surface area (Å²) >= 11 is 3.40. The van der Waals surface area contributed by atoms with Crippen LogP contribution in [0.4, 0.5) is 0 Å². The summed E-state index contributed by atoms with van der Waals surface area (Å²) in [4.78, 5) is 21.7. The summed E-state index contributed by atoms with van der Waals surface area (Å²) in [5.41, 5.74) is 1.18. The predicted molar refractivity (Wildman–Crippen MR) is 73.2 cm³/mol. The van der Waals surface area contributed by atoms with Crippen molar-refractivity contribution in [3.05, 3.63) is 46.5 Å². The number of allylic oxidation sites excluding steroid dienone is 1. The Hall–Kier alpha value is -1.42. The fourth-order valence-electron chi connectivity index (χ4n) is 1.35. The maximum Gasteiger partial charge on any atom is 0.313 e. The SMILES string of the molecule is CC(=O)CC(=O)OCC=CCc1cccc(Br)c1. The molecule has 0 unspecified atom stereocenters. The lowest BCUT2D eigenvalue weighted by atomic mass is 10.1. The van der Waals surface area contributed by atoms with E-state index in [4.69, 9.17) is 4.74 Å². The molecule has 18 heavy (non-hydrogen) atoms. The number of hydrogen-bond donors (Lipinski definition) is 0. The van der Waals surface area contributed by atoms with Crippen molar-refractivity contribution >= 4 is 27.7 Å². The second kappa shape index (κ2) is 7.82. The highest BCUT2D eigenvalue weighted by Gasteiger charge is 2.04. The van der Waals surface area contributed by atoms with Crippen LogP contribution in [0, 0.1) is 0 Å². The van der Waals surface area contributed by atoms with E-state index in [1.807, 2.05) is 30.3 Å². The van der Waals surface area contributed by atoms with E-state index in [0.29, 0.717) is 0 Å². The molecule has 1 rings (SSSR count). The molecule has 0 radical (unpaired) electrons. The number of ketones is 1. The molecule has 1 aromatic rings. The summed E-state index contributed by atoms with van der Waals surface area (Å²) in [7, 11) is 0. The van der Waals surface area contributed by atoms with Gasteiger partial charge in [-0.3, -0.25) is 9.59 Å². The lowest BCUT2D eigenvalue weighted by molar-refractivity contribution is -0.144. The molecule has 0 aliphatic carbocycles. The van der Waals surface area contributed by atoms with E-state index in [2.05, 4.69) is 15.9 Å². The van der Waals surface area contributed by atoms with Crippen molar-refractivity contribution in [3.63, 3.8) is 0 Å². The maximum atomic E-state index is 11.0. The molecule has 0 fully saturated rings. The average molecular weight is 311 g/mol. The minimum atomic E-state index is -0.477. The number of carbonyl (C=O) groups is 2. The van der Waals surface area contributed by atoms with Gasteiger partial charge in [0.05, 0.1) is 0 Å². The molecule has 0 saturated heterocycles. The number of halogens is 1. The molecule has 0 aliphatic rings. The first-order chi connectivity index (χ1) is 8.58. The first-order valence-corrected chi connectivity index (χ1v) is 6.41. The predicted octanol–water partition coefficient (Wildman–Crippen LogP) is 3.07. The van der Waals surface area contributed by atoms with E-state index < -0.39 is 5.97 Å². The Morgan fingerprint density at radius 1 is 1.33 bits per heavy atom. The number of benzene rings is 1. The molecule has 0 amide bonds. The molecule has 0 heterocycles. The van der Waals surface area contributed by atoms with Crippen molar-refractivity contribution < 1.29 is 14.3 Å². The number of carbonyl (C=O) groups excluding carboxylic acids is 2. The number of Topliss-reactive ketones (excluding diaryl/α,β-unsaturated/α-hetero) is 1. The summed E-state index contributed by atoms with van der Waals surface area (Å²) in [5, 5.41) is 0. The summed E-state index contributed by atoms with van der Waals surface area (Å²) < 4.78 is 5.90. The summed E-state index contributed by atoms with van der Waals surface area (Å²) in [5.74, 6) is -0.660. The van der Waals surface area contributed by atoms with Crippen LogP contribution >= 0.6 is 15.9 Å². The highest BCUT2D eigenvalue weighted by atomic mass is 79.9. The van der Waals surface area contributed by atoms with Gasteiger partial charge >= 0.3 is 5.97 Å². The fraction of sp³-hybridized carbons (Fsp3) is 0.286. The number of hydrogen-bond acceptors (Lipinski definition) is 3. The summed E-state index contributed by atoms with van der Waals surface area (Å²) in [6.45, 7) is 1.57. The van der Waals surface area contributed by atoms with Crippen molar-refractivity contribution in [1.82, 2.24) is 0 Å². The third-order valence-corrected chi connectivity index (χ3v) is 2.64. The average Bonchev–Trinajstić information content (AvgIpc) is 2.27. The van der Waals surface area contributed by atoms with Gasteiger partial charge in [-0.2, -0.15) is 0 Å². The number of ether oxygens (including phenoxy) is 1. The highest BCUT2D eigenvalue weighted by molar-refractivity contribution is 9.10. The molecular formula is C14H15BrO3. The normalized spacial score (nSPS) is 10.6. The first kappa shape index (κ1) is 14.6. The minimum Gasteiger partial charge on any atom is -0.461 e. The van der Waals surface area contributed by atoms with Gasteiger partial charge in [0.2, 0.25) is 0 Å². The number of esters is 1. The molecule has 0 aliphatic heterocycles. The molecule has 0 atom stereocenters. The zero-order valence-electron chi connectivity index (χ0n) is 10.2. The van der Waals surface area contributed by atoms with Crippen molar-refractivity contribution in [3.8, 4) is 0 Å². The van der Waals surface area contributed by atoms with E-state index in [9.17, 15) is 9.59 Å². The van der Waals surface area contributed by atoms with Crippen LogP contribution in [-0.4, -0.2) is 18.4 Å². The molecular weight excluding hydrogens is 296 g/mol. The number of rotatable bonds is 6. The Balaban J connectivity index is 2.26. The van der Waals surface area contributed by atoms with E-state index in [1.54, 1.807) is 6.08 Å². The van der Waals surface area contributed by atoms with E-state index in [0.717, 1.165) is 10.9 Å². The summed E-state index contributed by atoms with van der Waals surface area (Å²) in [6, 6.07) is 8.00. The van der Waals surface area contributed by atoms with Crippen LogP contribution in [0.15, 0.2) is 40.9 Å². The van der Waals surface area contributed by atoms with Crippen LogP contribution in [0.25, 0.3) is 0 Å². The quantitative estimate of drug-likeness (QED) is 0.461. The molecule has 0 aromatic heterocycles. The zero-order chi connectivity index (χ0) is 13.4. The van der Waals surface area contributed by atoms with Crippen LogP contribution < -0.4 is 0 Å². The molecule has 96 valence electrons. The smallest absolute Gasteiger partial charge is 0.313 e. The van der Waals surface area contributed by atoms with Gasteiger partial charge in [0, 0.05) is 4.47 Å². The molecule has 0 saturated carbocycles. The van der Waals surface area contributed by atoms with Gasteiger partial charge in [-0.05, 0) is 31.0 Å². The Morgan fingerprint density at radius 3 is 2.78 bits per heavy atom. The van der Waals surface area contributed by atoms with E-state index >= 15 is 0 Å². The van der Waals surface area contributed by atoms with Crippen LogP contribution in [0.5, 0.6) is 0 Å². The Kier molecular flexibility index (Phi) is 6.36. The topological polar surface area (TPSA) is 43.4 Å². The monoisotopic (exact) mass is 310 g/mol.